The van der Waals surface area contributed by atoms with Crippen LogP contribution >= 0.6 is 0 Å². The number of carbonyl (C=O) groups is 3. The van der Waals surface area contributed by atoms with Gasteiger partial charge in [0.2, 0.25) is 0 Å². The summed E-state index contributed by atoms with van der Waals surface area (Å²) >= 11 is 0. The van der Waals surface area contributed by atoms with Crippen LogP contribution in [0.2, 0.25) is 0 Å². The molecule has 0 saturated carbocycles. The normalized spacial score (nSPS) is 9.81. The zero-order valence-corrected chi connectivity index (χ0v) is 11.6. The molecule has 0 saturated heterocycles. The number of phenols is 1. The summed E-state index contributed by atoms with van der Waals surface area (Å²) < 4.78 is 4.70. The summed E-state index contributed by atoms with van der Waals surface area (Å²) in [6, 6.07) is 2.85. The predicted octanol–water partition coefficient (Wildman–Crippen LogP) is 1.12. The molecule has 0 aliphatic carbocycles. The number of amides is 2. The standard InChI is InChI=1S/C13H16N2O6/c1-3-21-11(17)7-15(2)13(20)14-10-5-4-8(16)6-9(10)12(18)19/h4-6,16H,3,7H2,1-2H3,(H,14,20)(H,18,19). The van der Waals surface area contributed by atoms with Crippen LogP contribution in [-0.2, 0) is 9.53 Å². The highest BCUT2D eigenvalue weighted by Gasteiger charge is 2.17. The van der Waals surface area contributed by atoms with Gasteiger partial charge in [-0.25, -0.2) is 9.59 Å². The zero-order chi connectivity index (χ0) is 16.0. The van der Waals surface area contributed by atoms with E-state index in [4.69, 9.17) is 9.84 Å². The topological polar surface area (TPSA) is 116 Å². The number of likely N-dealkylation sites (N-methyl/N-ethyl adjacent to an activating group) is 1. The van der Waals surface area contributed by atoms with E-state index in [2.05, 4.69) is 5.32 Å². The van der Waals surface area contributed by atoms with Crippen molar-refractivity contribution in [1.29, 1.82) is 0 Å². The molecule has 0 aromatic heterocycles. The Morgan fingerprint density at radius 2 is 2.00 bits per heavy atom. The van der Waals surface area contributed by atoms with E-state index < -0.39 is 18.0 Å². The number of carboxylic acids is 1. The lowest BCUT2D eigenvalue weighted by molar-refractivity contribution is -0.143. The number of phenolic OH excluding ortho intramolecular Hbond substituents is 1. The average molecular weight is 296 g/mol. The molecule has 1 aromatic carbocycles. The number of nitrogens with zero attached hydrogens (tertiary/aromatic N) is 1. The van der Waals surface area contributed by atoms with Gasteiger partial charge < -0.3 is 25.2 Å². The average Bonchev–Trinajstić information content (AvgIpc) is 2.40. The van der Waals surface area contributed by atoms with Gasteiger partial charge in [-0.3, -0.25) is 4.79 Å². The molecule has 8 nitrogen and oxygen atoms in total. The molecule has 0 aliphatic rings. The lowest BCUT2D eigenvalue weighted by Gasteiger charge is -2.17. The Hall–Kier alpha value is -2.77. The van der Waals surface area contributed by atoms with Crippen LogP contribution < -0.4 is 5.32 Å². The number of rotatable bonds is 5. The Balaban J connectivity index is 2.79. The number of anilines is 1. The number of benzene rings is 1. The van der Waals surface area contributed by atoms with E-state index in [-0.39, 0.29) is 30.2 Å². The Morgan fingerprint density at radius 1 is 1.33 bits per heavy atom. The number of aromatic carboxylic acids is 1. The number of carboxylic acid groups (broad SMARTS) is 1. The van der Waals surface area contributed by atoms with Gasteiger partial charge in [0.15, 0.2) is 0 Å². The molecule has 0 aliphatic heterocycles. The lowest BCUT2D eigenvalue weighted by Crippen LogP contribution is -2.36. The first-order valence-electron chi connectivity index (χ1n) is 6.09. The highest BCUT2D eigenvalue weighted by Crippen LogP contribution is 2.21. The third-order valence-corrected chi connectivity index (χ3v) is 2.49. The second kappa shape index (κ2) is 7.13. The highest BCUT2D eigenvalue weighted by atomic mass is 16.5. The molecule has 0 spiro atoms. The van der Waals surface area contributed by atoms with Crippen molar-refractivity contribution in [3.8, 4) is 5.75 Å². The Bertz CT molecular complexity index is 558. The van der Waals surface area contributed by atoms with Crippen molar-refractivity contribution in [1.82, 2.24) is 4.90 Å². The van der Waals surface area contributed by atoms with E-state index in [1.165, 1.54) is 19.2 Å². The van der Waals surface area contributed by atoms with E-state index in [1.807, 2.05) is 0 Å². The zero-order valence-electron chi connectivity index (χ0n) is 11.6. The molecule has 0 fully saturated rings. The van der Waals surface area contributed by atoms with Gasteiger partial charge in [0.1, 0.15) is 12.3 Å². The van der Waals surface area contributed by atoms with Crippen LogP contribution in [0.4, 0.5) is 10.5 Å². The molecule has 0 heterocycles. The summed E-state index contributed by atoms with van der Waals surface area (Å²) in [5.41, 5.74) is -0.242. The third-order valence-electron chi connectivity index (χ3n) is 2.49. The first kappa shape index (κ1) is 16.3. The first-order chi connectivity index (χ1) is 9.85. The lowest BCUT2D eigenvalue weighted by atomic mass is 10.1. The van der Waals surface area contributed by atoms with Gasteiger partial charge in [0, 0.05) is 7.05 Å². The fourth-order valence-electron chi connectivity index (χ4n) is 1.50. The van der Waals surface area contributed by atoms with Crippen LogP contribution in [0.5, 0.6) is 5.75 Å². The second-order valence-electron chi connectivity index (χ2n) is 4.13. The van der Waals surface area contributed by atoms with Gasteiger partial charge in [-0.1, -0.05) is 0 Å². The molecule has 0 atom stereocenters. The maximum absolute atomic E-state index is 11.9. The molecule has 114 valence electrons. The molecular formula is C13H16N2O6. The number of esters is 1. The minimum atomic E-state index is -1.30. The molecule has 21 heavy (non-hydrogen) atoms. The molecule has 0 unspecified atom stereocenters. The van der Waals surface area contributed by atoms with Gasteiger partial charge in [-0.2, -0.15) is 0 Å². The maximum atomic E-state index is 11.9. The van der Waals surface area contributed by atoms with Gasteiger partial charge in [-0.15, -0.1) is 0 Å². The third kappa shape index (κ3) is 4.68. The summed E-state index contributed by atoms with van der Waals surface area (Å²) in [5, 5.41) is 20.6. The van der Waals surface area contributed by atoms with Crippen molar-refractivity contribution in [2.45, 2.75) is 6.92 Å². The van der Waals surface area contributed by atoms with Crippen LogP contribution in [-0.4, -0.2) is 53.3 Å². The number of nitrogens with one attached hydrogen (secondary N) is 1. The molecule has 8 heteroatoms. The van der Waals surface area contributed by atoms with Crippen LogP contribution in [0.1, 0.15) is 17.3 Å². The van der Waals surface area contributed by atoms with Crippen molar-refractivity contribution >= 4 is 23.7 Å². The van der Waals surface area contributed by atoms with E-state index in [0.29, 0.717) is 0 Å². The summed E-state index contributed by atoms with van der Waals surface area (Å²) in [5.74, 6) is -2.10. The molecule has 3 N–H and O–H groups in total. The van der Waals surface area contributed by atoms with Crippen molar-refractivity contribution in [3.05, 3.63) is 23.8 Å². The van der Waals surface area contributed by atoms with Crippen LogP contribution in [0.15, 0.2) is 18.2 Å². The molecular weight excluding hydrogens is 280 g/mol. The van der Waals surface area contributed by atoms with Crippen molar-refractivity contribution in [3.63, 3.8) is 0 Å². The summed E-state index contributed by atoms with van der Waals surface area (Å²) in [4.78, 5) is 35.2. The van der Waals surface area contributed by atoms with Gasteiger partial charge in [0.05, 0.1) is 17.9 Å². The molecule has 0 radical (unpaired) electrons. The number of carbonyl (C=O) groups excluding carboxylic acids is 2. The summed E-state index contributed by atoms with van der Waals surface area (Å²) in [6.45, 7) is 1.59. The Morgan fingerprint density at radius 3 is 2.57 bits per heavy atom. The highest BCUT2D eigenvalue weighted by molar-refractivity contribution is 6.00. The summed E-state index contributed by atoms with van der Waals surface area (Å²) in [7, 11) is 1.37. The van der Waals surface area contributed by atoms with Gasteiger partial charge in [0.25, 0.3) is 0 Å². The predicted molar refractivity (Wildman–Crippen MR) is 73.3 cm³/mol. The SMILES string of the molecule is CCOC(=O)CN(C)C(=O)Nc1ccc(O)cc1C(=O)O. The number of urea groups is 1. The quantitative estimate of drug-likeness (QED) is 0.554. The van der Waals surface area contributed by atoms with Crippen molar-refractivity contribution in [2.24, 2.45) is 0 Å². The Labute approximate surface area is 120 Å². The first-order valence-corrected chi connectivity index (χ1v) is 6.09. The number of aromatic hydroxyl groups is 1. The monoisotopic (exact) mass is 296 g/mol. The smallest absolute Gasteiger partial charge is 0.337 e. The van der Waals surface area contributed by atoms with Crippen LogP contribution in [0, 0.1) is 0 Å². The second-order valence-corrected chi connectivity index (χ2v) is 4.13. The van der Waals surface area contributed by atoms with Gasteiger partial charge >= 0.3 is 18.0 Å². The Kier molecular flexibility index (Phi) is 5.53. The largest absolute Gasteiger partial charge is 0.508 e. The van der Waals surface area contributed by atoms with Crippen LogP contribution in [0.25, 0.3) is 0 Å². The van der Waals surface area contributed by atoms with Crippen molar-refractivity contribution < 1.29 is 29.3 Å². The van der Waals surface area contributed by atoms with E-state index in [1.54, 1.807) is 6.92 Å². The number of ether oxygens (including phenoxy) is 1. The molecule has 1 rings (SSSR count). The number of hydrogen-bond acceptors (Lipinski definition) is 5. The van der Waals surface area contributed by atoms with Crippen LogP contribution in [0.3, 0.4) is 0 Å². The fraction of sp³-hybridized carbons (Fsp3) is 0.308. The van der Waals surface area contributed by atoms with Crippen molar-refractivity contribution in [2.75, 3.05) is 25.5 Å². The molecule has 1 aromatic rings. The maximum Gasteiger partial charge on any atom is 0.337 e. The van der Waals surface area contributed by atoms with E-state index in [0.717, 1.165) is 11.0 Å². The minimum absolute atomic E-state index is 0.0148. The van der Waals surface area contributed by atoms with E-state index in [9.17, 15) is 19.5 Å². The fourth-order valence-corrected chi connectivity index (χ4v) is 1.50. The summed E-state index contributed by atoms with van der Waals surface area (Å²) in [6.07, 6.45) is 0. The van der Waals surface area contributed by atoms with Gasteiger partial charge in [-0.05, 0) is 25.1 Å². The number of hydrogen-bond donors (Lipinski definition) is 3. The molecule has 0 bridgehead atoms. The van der Waals surface area contributed by atoms with E-state index >= 15 is 0 Å². The minimum Gasteiger partial charge on any atom is -0.508 e. The molecule has 2 amide bonds.